The van der Waals surface area contributed by atoms with Crippen LogP contribution in [0.25, 0.3) is 0 Å². The molecule has 116 valence electrons. The van der Waals surface area contributed by atoms with Crippen molar-refractivity contribution in [2.75, 3.05) is 25.4 Å². The maximum atomic E-state index is 12.3. The van der Waals surface area contributed by atoms with Crippen molar-refractivity contribution >= 4 is 15.8 Å². The molecule has 0 aromatic heterocycles. The van der Waals surface area contributed by atoms with E-state index in [1.807, 2.05) is 6.92 Å². The number of carboxylic acids is 1. The molecule has 1 aliphatic carbocycles. The van der Waals surface area contributed by atoms with Gasteiger partial charge in [0.1, 0.15) is 0 Å². The number of carboxylic acid groups (broad SMARTS) is 1. The molecule has 1 aromatic carbocycles. The van der Waals surface area contributed by atoms with E-state index in [1.54, 1.807) is 0 Å². The van der Waals surface area contributed by atoms with E-state index >= 15 is 0 Å². The van der Waals surface area contributed by atoms with Gasteiger partial charge >= 0.3 is 5.97 Å². The zero-order chi connectivity index (χ0) is 15.5. The van der Waals surface area contributed by atoms with Crippen LogP contribution in [-0.4, -0.2) is 49.8 Å². The molecule has 1 aliphatic rings. The van der Waals surface area contributed by atoms with Gasteiger partial charge < -0.3 is 10.0 Å². The second kappa shape index (κ2) is 6.58. The lowest BCUT2D eigenvalue weighted by Crippen LogP contribution is -2.31. The van der Waals surface area contributed by atoms with Gasteiger partial charge in [-0.2, -0.15) is 0 Å². The van der Waals surface area contributed by atoms with Crippen LogP contribution < -0.4 is 0 Å². The van der Waals surface area contributed by atoms with Gasteiger partial charge in [0.05, 0.1) is 16.2 Å². The van der Waals surface area contributed by atoms with Crippen molar-refractivity contribution < 1.29 is 18.3 Å². The lowest BCUT2D eigenvalue weighted by Gasteiger charge is -2.19. The monoisotopic (exact) mass is 311 g/mol. The van der Waals surface area contributed by atoms with Crippen LogP contribution in [0, 0.1) is 5.92 Å². The van der Waals surface area contributed by atoms with Gasteiger partial charge in [0, 0.05) is 13.1 Å². The molecular formula is C15H21NO4S. The van der Waals surface area contributed by atoms with E-state index in [4.69, 9.17) is 5.11 Å². The normalized spacial score (nSPS) is 15.3. The Kier molecular flexibility index (Phi) is 5.00. The van der Waals surface area contributed by atoms with E-state index in [0.29, 0.717) is 6.54 Å². The molecule has 0 unspecified atom stereocenters. The average molecular weight is 311 g/mol. The lowest BCUT2D eigenvalue weighted by atomic mass is 10.2. The van der Waals surface area contributed by atoms with Gasteiger partial charge in [-0.05, 0) is 49.6 Å². The van der Waals surface area contributed by atoms with Crippen molar-refractivity contribution in [2.24, 2.45) is 5.92 Å². The van der Waals surface area contributed by atoms with E-state index in [9.17, 15) is 13.2 Å². The maximum absolute atomic E-state index is 12.3. The first-order valence-electron chi connectivity index (χ1n) is 7.21. The Morgan fingerprint density at radius 3 is 2.38 bits per heavy atom. The summed E-state index contributed by atoms with van der Waals surface area (Å²) in [5, 5.41) is 8.82. The zero-order valence-corrected chi connectivity index (χ0v) is 13.0. The molecule has 0 bridgehead atoms. The lowest BCUT2D eigenvalue weighted by molar-refractivity contribution is 0.0696. The summed E-state index contributed by atoms with van der Waals surface area (Å²) in [6.45, 7) is 4.39. The average Bonchev–Trinajstić information content (AvgIpc) is 3.27. The summed E-state index contributed by atoms with van der Waals surface area (Å²) in [6, 6.07) is 5.40. The van der Waals surface area contributed by atoms with E-state index in [1.165, 1.54) is 37.1 Å². The van der Waals surface area contributed by atoms with Gasteiger partial charge in [-0.3, -0.25) is 0 Å². The second-order valence-electron chi connectivity index (χ2n) is 5.49. The summed E-state index contributed by atoms with van der Waals surface area (Å²) in [6.07, 6.45) is 2.50. The summed E-state index contributed by atoms with van der Waals surface area (Å²) in [5.41, 5.74) is 0.0952. The van der Waals surface area contributed by atoms with Crippen molar-refractivity contribution in [2.45, 2.75) is 24.7 Å². The standard InChI is InChI=1S/C15H21NO4S/c1-2-16(11-12-3-4-12)9-10-21(19,20)14-7-5-13(6-8-14)15(17)18/h5-8,12H,2-4,9-11H2,1H3,(H,17,18). The quantitative estimate of drug-likeness (QED) is 0.793. The first-order chi connectivity index (χ1) is 9.92. The third-order valence-corrected chi connectivity index (χ3v) is 5.51. The third kappa shape index (κ3) is 4.54. The molecule has 0 spiro atoms. The number of sulfone groups is 1. The van der Waals surface area contributed by atoms with Crippen LogP contribution in [0.5, 0.6) is 0 Å². The molecule has 0 amide bonds. The number of hydrogen-bond acceptors (Lipinski definition) is 4. The van der Waals surface area contributed by atoms with E-state index in [-0.39, 0.29) is 16.2 Å². The highest BCUT2D eigenvalue weighted by Gasteiger charge is 2.24. The molecule has 1 saturated carbocycles. The summed E-state index contributed by atoms with van der Waals surface area (Å²) in [5.74, 6) is -0.247. The van der Waals surface area contributed by atoms with Crippen LogP contribution >= 0.6 is 0 Å². The summed E-state index contributed by atoms with van der Waals surface area (Å²) in [4.78, 5) is 13.1. The van der Waals surface area contributed by atoms with Crippen molar-refractivity contribution in [3.8, 4) is 0 Å². The highest BCUT2D eigenvalue weighted by molar-refractivity contribution is 7.91. The molecular weight excluding hydrogens is 290 g/mol. The highest BCUT2D eigenvalue weighted by atomic mass is 32.2. The molecule has 6 heteroatoms. The fourth-order valence-electron chi connectivity index (χ4n) is 2.22. The molecule has 1 aromatic rings. The minimum atomic E-state index is -3.36. The first-order valence-corrected chi connectivity index (χ1v) is 8.86. The number of rotatable bonds is 8. The largest absolute Gasteiger partial charge is 0.478 e. The number of benzene rings is 1. The molecule has 0 aliphatic heterocycles. The Balaban J connectivity index is 1.98. The van der Waals surface area contributed by atoms with Crippen LogP contribution in [-0.2, 0) is 9.84 Å². The highest BCUT2D eigenvalue weighted by Crippen LogP contribution is 2.29. The molecule has 1 fully saturated rings. The number of hydrogen-bond donors (Lipinski definition) is 1. The summed E-state index contributed by atoms with van der Waals surface area (Å²) < 4.78 is 24.5. The van der Waals surface area contributed by atoms with Gasteiger partial charge in [0.25, 0.3) is 0 Å². The molecule has 2 rings (SSSR count). The predicted octanol–water partition coefficient (Wildman–Crippen LogP) is 1.89. The van der Waals surface area contributed by atoms with Crippen LogP contribution in [0.2, 0.25) is 0 Å². The zero-order valence-electron chi connectivity index (χ0n) is 12.2. The maximum Gasteiger partial charge on any atom is 0.335 e. The molecule has 21 heavy (non-hydrogen) atoms. The van der Waals surface area contributed by atoms with Gasteiger partial charge in [-0.15, -0.1) is 0 Å². The van der Waals surface area contributed by atoms with Gasteiger partial charge in [-0.1, -0.05) is 6.92 Å². The molecule has 5 nitrogen and oxygen atoms in total. The topological polar surface area (TPSA) is 74.7 Å². The first kappa shape index (κ1) is 16.0. The fraction of sp³-hybridized carbons (Fsp3) is 0.533. The van der Waals surface area contributed by atoms with Crippen molar-refractivity contribution in [1.82, 2.24) is 4.90 Å². The predicted molar refractivity (Wildman–Crippen MR) is 80.3 cm³/mol. The Hall–Kier alpha value is -1.40. The SMILES string of the molecule is CCN(CCS(=O)(=O)c1ccc(C(=O)O)cc1)CC1CC1. The summed E-state index contributed by atoms with van der Waals surface area (Å²) >= 11 is 0. The van der Waals surface area contributed by atoms with Gasteiger partial charge in [0.15, 0.2) is 9.84 Å². The number of carbonyl (C=O) groups is 1. The van der Waals surface area contributed by atoms with E-state index < -0.39 is 15.8 Å². The molecule has 0 radical (unpaired) electrons. The Morgan fingerprint density at radius 2 is 1.90 bits per heavy atom. The Morgan fingerprint density at radius 1 is 1.29 bits per heavy atom. The smallest absolute Gasteiger partial charge is 0.335 e. The van der Waals surface area contributed by atoms with Crippen LogP contribution in [0.1, 0.15) is 30.1 Å². The van der Waals surface area contributed by atoms with E-state index in [0.717, 1.165) is 19.0 Å². The molecule has 1 N–H and O–H groups in total. The second-order valence-corrected chi connectivity index (χ2v) is 7.59. The number of nitrogens with zero attached hydrogens (tertiary/aromatic N) is 1. The summed E-state index contributed by atoms with van der Waals surface area (Å²) in [7, 11) is -3.36. The van der Waals surface area contributed by atoms with E-state index in [2.05, 4.69) is 4.90 Å². The van der Waals surface area contributed by atoms with Gasteiger partial charge in [-0.25, -0.2) is 13.2 Å². The Bertz CT molecular complexity index is 591. The van der Waals surface area contributed by atoms with Crippen LogP contribution in [0.15, 0.2) is 29.2 Å². The van der Waals surface area contributed by atoms with Crippen molar-refractivity contribution in [1.29, 1.82) is 0 Å². The molecule has 0 heterocycles. The van der Waals surface area contributed by atoms with Crippen LogP contribution in [0.3, 0.4) is 0 Å². The van der Waals surface area contributed by atoms with Crippen molar-refractivity contribution in [3.05, 3.63) is 29.8 Å². The fourth-order valence-corrected chi connectivity index (χ4v) is 3.50. The number of aromatic carboxylic acids is 1. The third-order valence-electron chi connectivity index (χ3n) is 3.80. The van der Waals surface area contributed by atoms with Gasteiger partial charge in [0.2, 0.25) is 0 Å². The van der Waals surface area contributed by atoms with Crippen molar-refractivity contribution in [3.63, 3.8) is 0 Å². The molecule has 0 atom stereocenters. The minimum absolute atomic E-state index is 0.0694. The molecule has 0 saturated heterocycles. The Labute approximate surface area is 125 Å². The van der Waals surface area contributed by atoms with Crippen LogP contribution in [0.4, 0.5) is 0 Å². The minimum Gasteiger partial charge on any atom is -0.478 e.